The summed E-state index contributed by atoms with van der Waals surface area (Å²) >= 11 is 3.35. The van der Waals surface area contributed by atoms with Gasteiger partial charge < -0.3 is 14.4 Å². The molecule has 2 atom stereocenters. The summed E-state index contributed by atoms with van der Waals surface area (Å²) < 4.78 is 11.8. The van der Waals surface area contributed by atoms with Crippen LogP contribution in [-0.2, 0) is 14.3 Å². The van der Waals surface area contributed by atoms with Crippen molar-refractivity contribution in [3.63, 3.8) is 0 Å². The lowest BCUT2D eigenvalue weighted by Gasteiger charge is -2.19. The minimum absolute atomic E-state index is 0.159. The molecule has 0 saturated carbocycles. The van der Waals surface area contributed by atoms with Crippen molar-refractivity contribution in [1.29, 1.82) is 0 Å². The van der Waals surface area contributed by atoms with Crippen molar-refractivity contribution in [2.75, 3.05) is 11.4 Å². The molecule has 104 valence electrons. The van der Waals surface area contributed by atoms with Gasteiger partial charge in [-0.3, -0.25) is 4.79 Å². The number of carbonyl (C=O) groups excluding carboxylic acids is 1. The Labute approximate surface area is 121 Å². The van der Waals surface area contributed by atoms with Gasteiger partial charge in [-0.25, -0.2) is 4.98 Å². The Morgan fingerprint density at radius 3 is 3.05 bits per heavy atom. The molecule has 1 fully saturated rings. The largest absolute Gasteiger partial charge is 0.434 e. The van der Waals surface area contributed by atoms with E-state index in [9.17, 15) is 4.79 Å². The van der Waals surface area contributed by atoms with Crippen LogP contribution in [-0.4, -0.2) is 30.0 Å². The smallest absolute Gasteiger partial charge is 0.308 e. The highest BCUT2D eigenvalue weighted by atomic mass is 79.9. The van der Waals surface area contributed by atoms with Crippen molar-refractivity contribution in [2.24, 2.45) is 0 Å². The van der Waals surface area contributed by atoms with Gasteiger partial charge in [-0.05, 0) is 41.4 Å². The molecule has 0 N–H and O–H groups in total. The summed E-state index contributed by atoms with van der Waals surface area (Å²) in [6.07, 6.45) is 2.26. The van der Waals surface area contributed by atoms with Crippen LogP contribution in [0.15, 0.2) is 22.8 Å². The van der Waals surface area contributed by atoms with Crippen LogP contribution >= 0.6 is 15.9 Å². The lowest BCUT2D eigenvalue weighted by molar-refractivity contribution is -0.172. The first kappa shape index (κ1) is 14.3. The van der Waals surface area contributed by atoms with Crippen molar-refractivity contribution in [1.82, 2.24) is 4.98 Å². The van der Waals surface area contributed by atoms with Crippen molar-refractivity contribution >= 4 is 27.7 Å². The number of hydrogen-bond donors (Lipinski definition) is 0. The number of nitrogens with zero attached hydrogens (tertiary/aromatic N) is 2. The van der Waals surface area contributed by atoms with Gasteiger partial charge in [-0.1, -0.05) is 6.92 Å². The fourth-order valence-electron chi connectivity index (χ4n) is 1.94. The molecule has 1 saturated heterocycles. The molecule has 0 radical (unpaired) electrons. The molecule has 2 rings (SSSR count). The van der Waals surface area contributed by atoms with E-state index in [1.165, 1.54) is 0 Å². The van der Waals surface area contributed by atoms with Crippen LogP contribution in [0.25, 0.3) is 0 Å². The second-order valence-electron chi connectivity index (χ2n) is 4.39. The molecule has 2 heterocycles. The zero-order valence-corrected chi connectivity index (χ0v) is 12.6. The van der Waals surface area contributed by atoms with Gasteiger partial charge in [0.15, 0.2) is 0 Å². The van der Waals surface area contributed by atoms with Gasteiger partial charge in [-0.15, -0.1) is 0 Å². The first-order chi connectivity index (χ1) is 9.10. The Morgan fingerprint density at radius 2 is 2.42 bits per heavy atom. The molecular formula is C13H17BrN2O3. The Balaban J connectivity index is 1.97. The van der Waals surface area contributed by atoms with Crippen molar-refractivity contribution in [2.45, 2.75) is 39.2 Å². The standard InChI is InChI=1S/C13H17BrN2O3/c1-3-4-12(17)19-13-8-16(9(2)18-13)11-6-5-10(14)7-15-11/h5-7,9,13H,3-4,8H2,1-2H3/t9?,13-/m1/s1. The number of halogens is 1. The zero-order chi connectivity index (χ0) is 13.8. The summed E-state index contributed by atoms with van der Waals surface area (Å²) in [5, 5.41) is 0. The van der Waals surface area contributed by atoms with Gasteiger partial charge >= 0.3 is 5.97 Å². The molecule has 1 aromatic rings. The third-order valence-corrected chi connectivity index (χ3v) is 3.33. The Morgan fingerprint density at radius 1 is 1.63 bits per heavy atom. The Hall–Kier alpha value is -1.14. The summed E-state index contributed by atoms with van der Waals surface area (Å²) in [4.78, 5) is 17.7. The first-order valence-corrected chi connectivity index (χ1v) is 7.12. The van der Waals surface area contributed by atoms with Crippen molar-refractivity contribution in [3.8, 4) is 0 Å². The molecule has 1 aromatic heterocycles. The quantitative estimate of drug-likeness (QED) is 0.795. The maximum atomic E-state index is 11.5. The summed E-state index contributed by atoms with van der Waals surface area (Å²) in [7, 11) is 0. The van der Waals surface area contributed by atoms with Gasteiger partial charge in [-0.2, -0.15) is 0 Å². The SMILES string of the molecule is CCCC(=O)O[C@@H]1CN(c2ccc(Br)cn2)C(C)O1. The average molecular weight is 329 g/mol. The van der Waals surface area contributed by atoms with Crippen LogP contribution in [0.4, 0.5) is 5.82 Å². The highest BCUT2D eigenvalue weighted by Crippen LogP contribution is 2.24. The van der Waals surface area contributed by atoms with E-state index in [4.69, 9.17) is 9.47 Å². The van der Waals surface area contributed by atoms with Gasteiger partial charge in [0.2, 0.25) is 6.29 Å². The van der Waals surface area contributed by atoms with Gasteiger partial charge in [0, 0.05) is 17.1 Å². The lowest BCUT2D eigenvalue weighted by atomic mass is 10.3. The lowest BCUT2D eigenvalue weighted by Crippen LogP contribution is -2.29. The first-order valence-electron chi connectivity index (χ1n) is 6.33. The third kappa shape index (κ3) is 3.67. The maximum Gasteiger partial charge on any atom is 0.308 e. The Kier molecular flexibility index (Phi) is 4.76. The highest BCUT2D eigenvalue weighted by Gasteiger charge is 2.32. The number of hydrogen-bond acceptors (Lipinski definition) is 5. The number of carbonyl (C=O) groups is 1. The van der Waals surface area contributed by atoms with E-state index in [1.807, 2.05) is 30.9 Å². The van der Waals surface area contributed by atoms with Crippen LogP contribution in [0.5, 0.6) is 0 Å². The highest BCUT2D eigenvalue weighted by molar-refractivity contribution is 9.10. The van der Waals surface area contributed by atoms with Crippen molar-refractivity contribution < 1.29 is 14.3 Å². The van der Waals surface area contributed by atoms with Crippen LogP contribution in [0.1, 0.15) is 26.7 Å². The fraction of sp³-hybridized carbons (Fsp3) is 0.538. The topological polar surface area (TPSA) is 51.7 Å². The van der Waals surface area contributed by atoms with E-state index in [0.29, 0.717) is 13.0 Å². The van der Waals surface area contributed by atoms with E-state index in [-0.39, 0.29) is 12.2 Å². The summed E-state index contributed by atoms with van der Waals surface area (Å²) in [6.45, 7) is 4.36. The summed E-state index contributed by atoms with van der Waals surface area (Å²) in [5.74, 6) is 0.593. The van der Waals surface area contributed by atoms with Gasteiger partial charge in [0.1, 0.15) is 12.0 Å². The second kappa shape index (κ2) is 6.34. The molecule has 5 nitrogen and oxygen atoms in total. The van der Waals surface area contributed by atoms with E-state index in [0.717, 1.165) is 16.7 Å². The van der Waals surface area contributed by atoms with Crippen molar-refractivity contribution in [3.05, 3.63) is 22.8 Å². The van der Waals surface area contributed by atoms with E-state index < -0.39 is 6.29 Å². The molecule has 0 spiro atoms. The van der Waals surface area contributed by atoms with Gasteiger partial charge in [0.05, 0.1) is 6.54 Å². The fourth-order valence-corrected chi connectivity index (χ4v) is 2.17. The molecular weight excluding hydrogens is 312 g/mol. The van der Waals surface area contributed by atoms with E-state index in [1.54, 1.807) is 6.20 Å². The monoisotopic (exact) mass is 328 g/mol. The molecule has 0 aromatic carbocycles. The minimum Gasteiger partial charge on any atom is -0.434 e. The average Bonchev–Trinajstić information content (AvgIpc) is 2.71. The number of pyridine rings is 1. The maximum absolute atomic E-state index is 11.5. The van der Waals surface area contributed by atoms with Crippen LogP contribution in [0.3, 0.4) is 0 Å². The molecule has 1 unspecified atom stereocenters. The Bertz CT molecular complexity index is 438. The van der Waals surface area contributed by atoms with Gasteiger partial charge in [0.25, 0.3) is 0 Å². The molecule has 6 heteroatoms. The molecule has 1 aliphatic rings. The van der Waals surface area contributed by atoms with Crippen LogP contribution in [0.2, 0.25) is 0 Å². The zero-order valence-electron chi connectivity index (χ0n) is 11.0. The number of ether oxygens (including phenoxy) is 2. The van der Waals surface area contributed by atoms with E-state index in [2.05, 4.69) is 20.9 Å². The third-order valence-electron chi connectivity index (χ3n) is 2.86. The molecule has 0 bridgehead atoms. The van der Waals surface area contributed by atoms with Crippen LogP contribution < -0.4 is 4.90 Å². The molecule has 0 amide bonds. The number of aromatic nitrogens is 1. The second-order valence-corrected chi connectivity index (χ2v) is 5.31. The predicted molar refractivity (Wildman–Crippen MR) is 74.6 cm³/mol. The number of anilines is 1. The number of rotatable bonds is 4. The summed E-state index contributed by atoms with van der Waals surface area (Å²) in [6, 6.07) is 3.83. The molecule has 19 heavy (non-hydrogen) atoms. The van der Waals surface area contributed by atoms with E-state index >= 15 is 0 Å². The molecule has 1 aliphatic heterocycles. The summed E-state index contributed by atoms with van der Waals surface area (Å²) in [5.41, 5.74) is 0. The normalized spacial score (nSPS) is 22.6. The predicted octanol–water partition coefficient (Wildman–Crippen LogP) is 2.70. The van der Waals surface area contributed by atoms with Crippen LogP contribution in [0, 0.1) is 0 Å². The molecule has 0 aliphatic carbocycles. The minimum atomic E-state index is -0.514. The number of esters is 1.